The van der Waals surface area contributed by atoms with Crippen LogP contribution in [0.25, 0.3) is 0 Å². The molecule has 0 aliphatic carbocycles. The molecule has 0 aromatic heterocycles. The first kappa shape index (κ1) is 8.81. The lowest BCUT2D eigenvalue weighted by Crippen LogP contribution is -1.83. The molecule has 1 aromatic rings. The minimum absolute atomic E-state index is 0.0608. The third-order valence-corrected chi connectivity index (χ3v) is 2.37. The highest BCUT2D eigenvalue weighted by atomic mass is 79.9. The predicted octanol–water partition coefficient (Wildman–Crippen LogP) is 3.26. The Hall–Kier alpha value is -0.280. The number of benzene rings is 1. The molecule has 4 heteroatoms. The molecule has 0 fully saturated rings. The van der Waals surface area contributed by atoms with Crippen LogP contribution in [0.3, 0.4) is 0 Å². The maximum Gasteiger partial charge on any atom is 0.180 e. The lowest BCUT2D eigenvalue weighted by atomic mass is 10.2. The molecule has 0 radical (unpaired) electrons. The van der Waals surface area contributed by atoms with Crippen LogP contribution in [-0.4, -0.2) is 5.11 Å². The number of phenols is 1. The van der Waals surface area contributed by atoms with Gasteiger partial charge < -0.3 is 5.11 Å². The SMILES string of the molecule is Cc1cc(Br)c(F)c(O)c1Cl. The quantitative estimate of drug-likeness (QED) is 0.689. The van der Waals surface area contributed by atoms with Gasteiger partial charge in [0.05, 0.1) is 9.50 Å². The minimum Gasteiger partial charge on any atom is -0.504 e. The van der Waals surface area contributed by atoms with Gasteiger partial charge in [0.2, 0.25) is 0 Å². The van der Waals surface area contributed by atoms with Crippen LogP contribution in [0.2, 0.25) is 5.02 Å². The van der Waals surface area contributed by atoms with Gasteiger partial charge in [0.15, 0.2) is 11.6 Å². The van der Waals surface area contributed by atoms with Crippen molar-refractivity contribution in [3.8, 4) is 5.75 Å². The average molecular weight is 239 g/mol. The fraction of sp³-hybridized carbons (Fsp3) is 0.143. The average Bonchev–Trinajstić information content (AvgIpc) is 1.97. The normalized spacial score (nSPS) is 10.2. The van der Waals surface area contributed by atoms with Gasteiger partial charge in [0.1, 0.15) is 0 Å². The number of aromatic hydroxyl groups is 1. The van der Waals surface area contributed by atoms with Crippen molar-refractivity contribution in [1.82, 2.24) is 0 Å². The summed E-state index contributed by atoms with van der Waals surface area (Å²) in [4.78, 5) is 0. The van der Waals surface area contributed by atoms with Crippen molar-refractivity contribution in [1.29, 1.82) is 0 Å². The van der Waals surface area contributed by atoms with Crippen molar-refractivity contribution in [2.24, 2.45) is 0 Å². The highest BCUT2D eigenvalue weighted by molar-refractivity contribution is 9.10. The largest absolute Gasteiger partial charge is 0.504 e. The summed E-state index contributed by atoms with van der Waals surface area (Å²) in [6, 6.07) is 1.51. The maximum absolute atomic E-state index is 12.8. The third kappa shape index (κ3) is 1.49. The van der Waals surface area contributed by atoms with Crippen molar-refractivity contribution < 1.29 is 9.50 Å². The first-order chi connectivity index (χ1) is 5.04. The van der Waals surface area contributed by atoms with Gasteiger partial charge in [-0.15, -0.1) is 0 Å². The molecule has 0 saturated carbocycles. The van der Waals surface area contributed by atoms with Crippen LogP contribution in [0.5, 0.6) is 5.75 Å². The highest BCUT2D eigenvalue weighted by Gasteiger charge is 2.11. The zero-order valence-corrected chi connectivity index (χ0v) is 8.00. The van der Waals surface area contributed by atoms with E-state index in [1.165, 1.54) is 6.07 Å². The molecule has 0 unspecified atom stereocenters. The maximum atomic E-state index is 12.8. The molecule has 0 bridgehead atoms. The summed E-state index contributed by atoms with van der Waals surface area (Å²) >= 11 is 8.48. The monoisotopic (exact) mass is 238 g/mol. The van der Waals surface area contributed by atoms with Gasteiger partial charge in [-0.2, -0.15) is 0 Å². The van der Waals surface area contributed by atoms with Crippen LogP contribution in [0, 0.1) is 12.7 Å². The molecule has 1 N–H and O–H groups in total. The Morgan fingerprint density at radius 1 is 1.64 bits per heavy atom. The number of hydrogen-bond acceptors (Lipinski definition) is 1. The van der Waals surface area contributed by atoms with Crippen molar-refractivity contribution in [2.45, 2.75) is 6.92 Å². The van der Waals surface area contributed by atoms with Crippen molar-refractivity contribution >= 4 is 27.5 Å². The van der Waals surface area contributed by atoms with Gasteiger partial charge in [-0.05, 0) is 34.5 Å². The number of phenolic OH excluding ortho intramolecular Hbond substituents is 1. The fourth-order valence-corrected chi connectivity index (χ4v) is 1.38. The van der Waals surface area contributed by atoms with E-state index in [0.29, 0.717) is 5.56 Å². The zero-order chi connectivity index (χ0) is 8.59. The predicted molar refractivity (Wildman–Crippen MR) is 45.5 cm³/mol. The first-order valence-electron chi connectivity index (χ1n) is 2.87. The molecule has 0 atom stereocenters. The Morgan fingerprint density at radius 3 is 2.73 bits per heavy atom. The Kier molecular flexibility index (Phi) is 2.40. The van der Waals surface area contributed by atoms with Gasteiger partial charge in [-0.3, -0.25) is 0 Å². The summed E-state index contributed by atoms with van der Waals surface area (Å²) in [6.45, 7) is 1.69. The van der Waals surface area contributed by atoms with Crippen molar-refractivity contribution in [3.05, 3.63) is 26.9 Å². The highest BCUT2D eigenvalue weighted by Crippen LogP contribution is 2.34. The van der Waals surface area contributed by atoms with E-state index in [-0.39, 0.29) is 9.50 Å². The molecule has 1 nitrogen and oxygen atoms in total. The van der Waals surface area contributed by atoms with Gasteiger partial charge >= 0.3 is 0 Å². The smallest absolute Gasteiger partial charge is 0.180 e. The Bertz CT molecular complexity index is 275. The number of aryl methyl sites for hydroxylation is 1. The number of halogens is 3. The van der Waals surface area contributed by atoms with E-state index in [1.54, 1.807) is 6.92 Å². The molecule has 1 rings (SSSR count). The summed E-state index contributed by atoms with van der Waals surface area (Å²) in [5.74, 6) is -1.22. The standard InChI is InChI=1S/C7H5BrClFO/c1-3-2-4(8)6(10)7(11)5(3)9/h2,11H,1H3. The molecule has 0 saturated heterocycles. The molecular weight excluding hydrogens is 234 g/mol. The Labute approximate surface area is 76.9 Å². The van der Waals surface area contributed by atoms with Crippen LogP contribution in [0.4, 0.5) is 4.39 Å². The van der Waals surface area contributed by atoms with Crippen LogP contribution >= 0.6 is 27.5 Å². The fourth-order valence-electron chi connectivity index (χ4n) is 0.713. The van der Waals surface area contributed by atoms with Crippen LogP contribution in [0.15, 0.2) is 10.5 Å². The van der Waals surface area contributed by atoms with E-state index in [9.17, 15) is 4.39 Å². The minimum atomic E-state index is -0.722. The lowest BCUT2D eigenvalue weighted by Gasteiger charge is -2.03. The second kappa shape index (κ2) is 2.99. The van der Waals surface area contributed by atoms with E-state index in [1.807, 2.05) is 0 Å². The summed E-state index contributed by atoms with van der Waals surface area (Å²) in [7, 11) is 0. The zero-order valence-electron chi connectivity index (χ0n) is 5.66. The molecule has 0 amide bonds. The Morgan fingerprint density at radius 2 is 2.18 bits per heavy atom. The first-order valence-corrected chi connectivity index (χ1v) is 4.04. The second-order valence-corrected chi connectivity index (χ2v) is 3.38. The molecule has 1 aromatic carbocycles. The molecular formula is C7H5BrClFO. The third-order valence-electron chi connectivity index (χ3n) is 1.31. The van der Waals surface area contributed by atoms with Crippen LogP contribution in [0.1, 0.15) is 5.56 Å². The van der Waals surface area contributed by atoms with Crippen molar-refractivity contribution in [2.75, 3.05) is 0 Å². The van der Waals surface area contributed by atoms with Gasteiger partial charge in [-0.25, -0.2) is 4.39 Å². The summed E-state index contributed by atoms with van der Waals surface area (Å²) < 4.78 is 13.0. The summed E-state index contributed by atoms with van der Waals surface area (Å²) in [5.41, 5.74) is 0.637. The molecule has 0 spiro atoms. The van der Waals surface area contributed by atoms with Crippen LogP contribution < -0.4 is 0 Å². The van der Waals surface area contributed by atoms with E-state index in [4.69, 9.17) is 16.7 Å². The topological polar surface area (TPSA) is 20.2 Å². The molecule has 60 valence electrons. The van der Waals surface area contributed by atoms with Crippen molar-refractivity contribution in [3.63, 3.8) is 0 Å². The van der Waals surface area contributed by atoms with E-state index in [0.717, 1.165) is 0 Å². The molecule has 0 heterocycles. The molecule has 0 aliphatic rings. The van der Waals surface area contributed by atoms with Gasteiger partial charge in [-0.1, -0.05) is 11.6 Å². The number of hydrogen-bond donors (Lipinski definition) is 1. The lowest BCUT2D eigenvalue weighted by molar-refractivity contribution is 0.430. The summed E-state index contributed by atoms with van der Waals surface area (Å²) in [6.07, 6.45) is 0. The van der Waals surface area contributed by atoms with E-state index < -0.39 is 11.6 Å². The Balaban J connectivity index is 3.46. The molecule has 0 aliphatic heterocycles. The second-order valence-electron chi connectivity index (χ2n) is 2.15. The molecule has 11 heavy (non-hydrogen) atoms. The van der Waals surface area contributed by atoms with Gasteiger partial charge in [0.25, 0.3) is 0 Å². The van der Waals surface area contributed by atoms with E-state index in [2.05, 4.69) is 15.9 Å². The van der Waals surface area contributed by atoms with Crippen LogP contribution in [-0.2, 0) is 0 Å². The van der Waals surface area contributed by atoms with Gasteiger partial charge in [0, 0.05) is 0 Å². The summed E-state index contributed by atoms with van der Waals surface area (Å²) in [5, 5.41) is 9.09. The van der Waals surface area contributed by atoms with E-state index >= 15 is 0 Å². The number of rotatable bonds is 0.